The molecular formula is C16H14ClNOS. The van der Waals surface area contributed by atoms with Crippen molar-refractivity contribution in [2.45, 2.75) is 17.2 Å². The van der Waals surface area contributed by atoms with Crippen molar-refractivity contribution in [3.8, 4) is 0 Å². The van der Waals surface area contributed by atoms with Crippen LogP contribution in [0.2, 0.25) is 5.02 Å². The summed E-state index contributed by atoms with van der Waals surface area (Å²) in [6, 6.07) is 13.9. The van der Waals surface area contributed by atoms with Crippen molar-refractivity contribution in [3.05, 3.63) is 58.6 Å². The Morgan fingerprint density at radius 3 is 2.65 bits per heavy atom. The van der Waals surface area contributed by atoms with Crippen LogP contribution in [0.15, 0.2) is 47.4 Å². The molecule has 102 valence electrons. The monoisotopic (exact) mass is 303 g/mol. The third-order valence-electron chi connectivity index (χ3n) is 3.56. The number of benzene rings is 2. The van der Waals surface area contributed by atoms with E-state index in [2.05, 4.69) is 35.8 Å². The number of anilines is 1. The second-order valence-corrected chi connectivity index (χ2v) is 6.14. The van der Waals surface area contributed by atoms with Gasteiger partial charge in [-0.25, -0.2) is 0 Å². The molecule has 0 fully saturated rings. The number of thioether (sulfide) groups is 1. The number of fused-ring (bicyclic) bond motifs is 1. The average Bonchev–Trinajstić information content (AvgIpc) is 2.76. The van der Waals surface area contributed by atoms with E-state index in [1.807, 2.05) is 12.1 Å². The smallest absolute Gasteiger partial charge is 0.232 e. The number of carbonyl (C=O) groups is 1. The van der Waals surface area contributed by atoms with Gasteiger partial charge in [0.1, 0.15) is 0 Å². The van der Waals surface area contributed by atoms with Crippen molar-refractivity contribution in [1.29, 1.82) is 0 Å². The predicted molar refractivity (Wildman–Crippen MR) is 84.7 cm³/mol. The molecule has 2 nitrogen and oxygen atoms in total. The molecule has 0 saturated heterocycles. The molecular weight excluding hydrogens is 290 g/mol. The first-order valence-corrected chi connectivity index (χ1v) is 8.01. The second kappa shape index (κ2) is 5.51. The topological polar surface area (TPSA) is 29.1 Å². The van der Waals surface area contributed by atoms with E-state index in [0.717, 1.165) is 16.8 Å². The number of carbonyl (C=O) groups excluding carboxylic acids is 1. The van der Waals surface area contributed by atoms with Crippen molar-refractivity contribution in [3.63, 3.8) is 0 Å². The molecule has 1 aliphatic rings. The van der Waals surface area contributed by atoms with Crippen LogP contribution >= 0.6 is 23.4 Å². The third kappa shape index (κ3) is 2.56. The minimum Gasteiger partial charge on any atom is -0.325 e. The van der Waals surface area contributed by atoms with Gasteiger partial charge in [0.05, 0.1) is 5.92 Å². The highest BCUT2D eigenvalue weighted by Gasteiger charge is 2.30. The lowest BCUT2D eigenvalue weighted by Crippen LogP contribution is -2.14. The SMILES string of the molecule is CSc1ccc(CC2C(=O)Nc3ccc(Cl)cc32)cc1. The normalized spacial score (nSPS) is 16.9. The zero-order valence-corrected chi connectivity index (χ0v) is 12.6. The van der Waals surface area contributed by atoms with Gasteiger partial charge in [-0.3, -0.25) is 4.79 Å². The number of hydrogen-bond donors (Lipinski definition) is 1. The van der Waals surface area contributed by atoms with Crippen LogP contribution in [-0.4, -0.2) is 12.2 Å². The first-order valence-electron chi connectivity index (χ1n) is 6.40. The molecule has 4 heteroatoms. The molecule has 0 radical (unpaired) electrons. The maximum Gasteiger partial charge on any atom is 0.232 e. The molecule has 3 rings (SSSR count). The molecule has 0 aliphatic carbocycles. The first kappa shape index (κ1) is 13.5. The van der Waals surface area contributed by atoms with Crippen LogP contribution in [0.3, 0.4) is 0 Å². The minimum absolute atomic E-state index is 0.0520. The molecule has 2 aromatic carbocycles. The third-order valence-corrected chi connectivity index (χ3v) is 4.54. The van der Waals surface area contributed by atoms with Gasteiger partial charge in [0.2, 0.25) is 5.91 Å². The summed E-state index contributed by atoms with van der Waals surface area (Å²) in [4.78, 5) is 13.3. The maximum atomic E-state index is 12.1. The summed E-state index contributed by atoms with van der Waals surface area (Å²) in [6.45, 7) is 0. The fourth-order valence-corrected chi connectivity index (χ4v) is 3.09. The molecule has 2 aromatic rings. The molecule has 0 aromatic heterocycles. The number of halogens is 1. The number of nitrogens with one attached hydrogen (secondary N) is 1. The van der Waals surface area contributed by atoms with Gasteiger partial charge in [-0.2, -0.15) is 0 Å². The lowest BCUT2D eigenvalue weighted by molar-refractivity contribution is -0.117. The highest BCUT2D eigenvalue weighted by molar-refractivity contribution is 7.98. The number of amides is 1. The largest absolute Gasteiger partial charge is 0.325 e. The Hall–Kier alpha value is -1.45. The van der Waals surface area contributed by atoms with Gasteiger partial charge in [-0.15, -0.1) is 11.8 Å². The molecule has 0 saturated carbocycles. The second-order valence-electron chi connectivity index (χ2n) is 4.83. The van der Waals surface area contributed by atoms with Gasteiger partial charge in [0, 0.05) is 15.6 Å². The summed E-state index contributed by atoms with van der Waals surface area (Å²) in [5, 5.41) is 3.59. The first-order chi connectivity index (χ1) is 9.67. The molecule has 20 heavy (non-hydrogen) atoms. The van der Waals surface area contributed by atoms with E-state index in [9.17, 15) is 4.79 Å². The number of rotatable bonds is 3. The molecule has 1 N–H and O–H groups in total. The van der Waals surface area contributed by atoms with Crippen LogP contribution in [0.5, 0.6) is 0 Å². The van der Waals surface area contributed by atoms with Gasteiger partial charge in [0.25, 0.3) is 0 Å². The highest BCUT2D eigenvalue weighted by atomic mass is 35.5. The van der Waals surface area contributed by atoms with Crippen molar-refractivity contribution in [1.82, 2.24) is 0 Å². The molecule has 0 bridgehead atoms. The van der Waals surface area contributed by atoms with Crippen LogP contribution in [0.4, 0.5) is 5.69 Å². The Morgan fingerprint density at radius 1 is 1.20 bits per heavy atom. The van der Waals surface area contributed by atoms with Crippen LogP contribution in [0.25, 0.3) is 0 Å². The van der Waals surface area contributed by atoms with E-state index in [0.29, 0.717) is 11.4 Å². The molecule has 1 amide bonds. The van der Waals surface area contributed by atoms with E-state index >= 15 is 0 Å². The van der Waals surface area contributed by atoms with Gasteiger partial charge < -0.3 is 5.32 Å². The molecule has 1 atom stereocenters. The zero-order chi connectivity index (χ0) is 14.1. The van der Waals surface area contributed by atoms with E-state index in [4.69, 9.17) is 11.6 Å². The van der Waals surface area contributed by atoms with Crippen LogP contribution in [0, 0.1) is 0 Å². The molecule has 1 heterocycles. The van der Waals surface area contributed by atoms with Gasteiger partial charge in [-0.1, -0.05) is 23.7 Å². The fourth-order valence-electron chi connectivity index (χ4n) is 2.50. The van der Waals surface area contributed by atoms with E-state index in [-0.39, 0.29) is 11.8 Å². The van der Waals surface area contributed by atoms with E-state index < -0.39 is 0 Å². The predicted octanol–water partition coefficient (Wildman–Crippen LogP) is 4.34. The summed E-state index contributed by atoms with van der Waals surface area (Å²) in [6.07, 6.45) is 2.76. The van der Waals surface area contributed by atoms with E-state index in [1.165, 1.54) is 4.90 Å². The highest BCUT2D eigenvalue weighted by Crippen LogP contribution is 2.36. The Kier molecular flexibility index (Phi) is 3.72. The molecule has 0 spiro atoms. The summed E-state index contributed by atoms with van der Waals surface area (Å²) < 4.78 is 0. The van der Waals surface area contributed by atoms with Gasteiger partial charge in [-0.05, 0) is 54.1 Å². The van der Waals surface area contributed by atoms with E-state index in [1.54, 1.807) is 17.8 Å². The lowest BCUT2D eigenvalue weighted by Gasteiger charge is -2.09. The quantitative estimate of drug-likeness (QED) is 0.855. The van der Waals surface area contributed by atoms with Gasteiger partial charge >= 0.3 is 0 Å². The Morgan fingerprint density at radius 2 is 1.95 bits per heavy atom. The Labute approximate surface area is 127 Å². The standard InChI is InChI=1S/C16H14ClNOS/c1-20-12-5-2-10(3-6-12)8-14-13-9-11(17)4-7-15(13)18-16(14)19/h2-7,9,14H,8H2,1H3,(H,18,19). The number of hydrogen-bond acceptors (Lipinski definition) is 2. The molecule has 1 unspecified atom stereocenters. The Bertz CT molecular complexity index is 654. The lowest BCUT2D eigenvalue weighted by atomic mass is 9.93. The van der Waals surface area contributed by atoms with Crippen molar-refractivity contribution in [2.24, 2.45) is 0 Å². The van der Waals surface area contributed by atoms with Crippen molar-refractivity contribution < 1.29 is 4.79 Å². The fraction of sp³-hybridized carbons (Fsp3) is 0.188. The Balaban J connectivity index is 1.87. The average molecular weight is 304 g/mol. The van der Waals surface area contributed by atoms with Crippen LogP contribution in [0.1, 0.15) is 17.0 Å². The van der Waals surface area contributed by atoms with Crippen molar-refractivity contribution in [2.75, 3.05) is 11.6 Å². The summed E-state index contributed by atoms with van der Waals surface area (Å²) in [5.74, 6) is -0.0972. The summed E-state index contributed by atoms with van der Waals surface area (Å²) in [5.41, 5.74) is 3.04. The minimum atomic E-state index is -0.149. The maximum absolute atomic E-state index is 12.1. The summed E-state index contributed by atoms with van der Waals surface area (Å²) in [7, 11) is 0. The van der Waals surface area contributed by atoms with Crippen LogP contribution < -0.4 is 5.32 Å². The van der Waals surface area contributed by atoms with Crippen LogP contribution in [-0.2, 0) is 11.2 Å². The zero-order valence-electron chi connectivity index (χ0n) is 11.0. The van der Waals surface area contributed by atoms with Gasteiger partial charge in [0.15, 0.2) is 0 Å². The molecule has 1 aliphatic heterocycles. The summed E-state index contributed by atoms with van der Waals surface area (Å²) >= 11 is 7.75. The van der Waals surface area contributed by atoms with Crippen molar-refractivity contribution >= 4 is 35.0 Å².